The van der Waals surface area contributed by atoms with E-state index in [0.717, 1.165) is 24.8 Å². The number of benzene rings is 1. The summed E-state index contributed by atoms with van der Waals surface area (Å²) >= 11 is 0. The lowest BCUT2D eigenvalue weighted by molar-refractivity contribution is -0.00587. The summed E-state index contributed by atoms with van der Waals surface area (Å²) in [5, 5.41) is 20.7. The number of nitrogens with one attached hydrogen (secondary N) is 3. The number of aryl methyl sites for hydroxylation is 1. The average Bonchev–Trinajstić information content (AvgIpc) is 3.51. The number of carbonyl (C=O) groups excluding carboxylic acids is 1. The van der Waals surface area contributed by atoms with Gasteiger partial charge in [0.2, 0.25) is 0 Å². The first kappa shape index (κ1) is 21.0. The van der Waals surface area contributed by atoms with Crippen LogP contribution in [-0.4, -0.2) is 70.4 Å². The summed E-state index contributed by atoms with van der Waals surface area (Å²) in [5.41, 5.74) is 3.29. The second-order valence-electron chi connectivity index (χ2n) is 8.76. The lowest BCUT2D eigenvalue weighted by atomic mass is 9.61. The van der Waals surface area contributed by atoms with E-state index in [2.05, 4.69) is 31.4 Å². The Bertz CT molecular complexity index is 1450. The number of nitrogens with zero attached hydrogens (tertiary/aromatic N) is 6. The number of aromatic nitrogens is 6. The van der Waals surface area contributed by atoms with Gasteiger partial charge in [0.15, 0.2) is 5.65 Å². The summed E-state index contributed by atoms with van der Waals surface area (Å²) in [4.78, 5) is 17.9. The van der Waals surface area contributed by atoms with Crippen LogP contribution in [-0.2, 0) is 17.2 Å². The molecule has 2 aliphatic rings. The fourth-order valence-corrected chi connectivity index (χ4v) is 4.82. The molecule has 1 aromatic carbocycles. The largest absolute Gasteiger partial charge is 0.384 e. The second-order valence-corrected chi connectivity index (χ2v) is 8.76. The van der Waals surface area contributed by atoms with E-state index < -0.39 is 5.40 Å². The topological polar surface area (TPSA) is 123 Å². The zero-order valence-corrected chi connectivity index (χ0v) is 18.7. The average molecular weight is 453 g/mol. The van der Waals surface area contributed by atoms with Gasteiger partial charge in [-0.3, -0.25) is 4.79 Å². The molecule has 1 aliphatic carbocycles. The SMILES string of the molecule is [B]C1([B])O[C@@H]2CCC[C@H]2NC(=O)c2cnn3c(NC)cc(nc23)Nc2cc1cc1nnn(C)c21. The zero-order valence-electron chi connectivity index (χ0n) is 18.7. The van der Waals surface area contributed by atoms with Crippen molar-refractivity contribution < 1.29 is 9.53 Å². The highest BCUT2D eigenvalue weighted by Crippen LogP contribution is 2.35. The Morgan fingerprint density at radius 1 is 1.26 bits per heavy atom. The number of hydrogen-bond acceptors (Lipinski definition) is 8. The molecule has 3 N–H and O–H groups in total. The maximum absolute atomic E-state index is 13.2. The first-order chi connectivity index (χ1) is 16.3. The molecular weight excluding hydrogens is 432 g/mol. The number of fused-ring (bicyclic) bond motifs is 6. The molecule has 0 unspecified atom stereocenters. The minimum absolute atomic E-state index is 0.248. The molecule has 0 saturated heterocycles. The smallest absolute Gasteiger partial charge is 0.257 e. The van der Waals surface area contributed by atoms with Crippen molar-refractivity contribution in [2.24, 2.45) is 7.05 Å². The van der Waals surface area contributed by atoms with Crippen LogP contribution in [0.3, 0.4) is 0 Å². The molecule has 168 valence electrons. The summed E-state index contributed by atoms with van der Waals surface area (Å²) < 4.78 is 9.45. The number of amides is 1. The number of carbonyl (C=O) groups is 1. The monoisotopic (exact) mass is 453 g/mol. The van der Waals surface area contributed by atoms with E-state index in [1.54, 1.807) is 35.4 Å². The van der Waals surface area contributed by atoms with Gasteiger partial charge >= 0.3 is 0 Å². The number of anilines is 3. The Balaban J connectivity index is 1.60. The third-order valence-corrected chi connectivity index (χ3v) is 6.50. The van der Waals surface area contributed by atoms with Gasteiger partial charge in [0.05, 0.1) is 24.0 Å². The fraction of sp³-hybridized carbons (Fsp3) is 0.381. The quantitative estimate of drug-likeness (QED) is 0.364. The molecule has 1 saturated carbocycles. The molecule has 4 radical (unpaired) electrons. The summed E-state index contributed by atoms with van der Waals surface area (Å²) in [5.74, 6) is 0.862. The molecule has 0 spiro atoms. The molecule has 4 bridgehead atoms. The van der Waals surface area contributed by atoms with Gasteiger partial charge in [-0.25, -0.2) is 9.67 Å². The predicted molar refractivity (Wildman–Crippen MR) is 127 cm³/mol. The van der Waals surface area contributed by atoms with Crippen LogP contribution in [0.25, 0.3) is 16.7 Å². The van der Waals surface area contributed by atoms with Crippen LogP contribution in [0.5, 0.6) is 0 Å². The van der Waals surface area contributed by atoms with Crippen molar-refractivity contribution in [3.63, 3.8) is 0 Å². The van der Waals surface area contributed by atoms with Crippen LogP contribution >= 0.6 is 0 Å². The van der Waals surface area contributed by atoms with Crippen LogP contribution in [0.1, 0.15) is 35.2 Å². The molecule has 2 atom stereocenters. The van der Waals surface area contributed by atoms with E-state index in [4.69, 9.17) is 25.4 Å². The highest BCUT2D eigenvalue weighted by atomic mass is 16.5. The first-order valence-electron chi connectivity index (χ1n) is 11.1. The van der Waals surface area contributed by atoms with Gasteiger partial charge < -0.3 is 20.7 Å². The lowest BCUT2D eigenvalue weighted by Gasteiger charge is -2.34. The summed E-state index contributed by atoms with van der Waals surface area (Å²) in [6.45, 7) is 0. The van der Waals surface area contributed by atoms with E-state index in [-0.39, 0.29) is 18.1 Å². The van der Waals surface area contributed by atoms with Crippen molar-refractivity contribution in [2.45, 2.75) is 36.8 Å². The van der Waals surface area contributed by atoms with E-state index >= 15 is 0 Å². The van der Waals surface area contributed by atoms with Gasteiger partial charge in [0.1, 0.15) is 43.9 Å². The van der Waals surface area contributed by atoms with Gasteiger partial charge in [0, 0.05) is 25.6 Å². The summed E-state index contributed by atoms with van der Waals surface area (Å²) in [7, 11) is 16.6. The fourth-order valence-electron chi connectivity index (χ4n) is 4.82. The second kappa shape index (κ2) is 7.45. The number of hydrogen-bond donors (Lipinski definition) is 3. The molecule has 1 aliphatic heterocycles. The first-order valence-corrected chi connectivity index (χ1v) is 11.1. The van der Waals surface area contributed by atoms with Crippen molar-refractivity contribution in [2.75, 3.05) is 17.7 Å². The van der Waals surface area contributed by atoms with E-state index in [1.807, 2.05) is 6.07 Å². The Morgan fingerprint density at radius 3 is 2.94 bits per heavy atom. The van der Waals surface area contributed by atoms with Crippen molar-refractivity contribution >= 4 is 55.6 Å². The molecule has 3 aromatic heterocycles. The Kier molecular flexibility index (Phi) is 4.60. The Hall–Kier alpha value is -3.60. The number of ether oxygens (including phenoxy) is 1. The van der Waals surface area contributed by atoms with Crippen LogP contribution in [0.4, 0.5) is 17.3 Å². The summed E-state index contributed by atoms with van der Waals surface area (Å²) in [6.07, 6.45) is 3.51. The van der Waals surface area contributed by atoms with Crippen LogP contribution in [0, 0.1) is 0 Å². The normalized spacial score (nSPS) is 21.8. The molecular formula is C21H21B2N9O2. The molecule has 4 heterocycles. The highest BCUT2D eigenvalue weighted by molar-refractivity contribution is 6.39. The predicted octanol–water partition coefficient (Wildman–Crippen LogP) is 0.925. The van der Waals surface area contributed by atoms with Gasteiger partial charge in [-0.2, -0.15) is 9.61 Å². The zero-order chi connectivity index (χ0) is 23.6. The molecule has 6 rings (SSSR count). The van der Waals surface area contributed by atoms with Crippen molar-refractivity contribution in [1.29, 1.82) is 0 Å². The maximum atomic E-state index is 13.2. The van der Waals surface area contributed by atoms with E-state index in [9.17, 15) is 4.79 Å². The Morgan fingerprint density at radius 2 is 2.12 bits per heavy atom. The van der Waals surface area contributed by atoms with Crippen LogP contribution < -0.4 is 16.0 Å². The minimum atomic E-state index is -1.61. The summed E-state index contributed by atoms with van der Waals surface area (Å²) in [6, 6.07) is 5.13. The van der Waals surface area contributed by atoms with E-state index in [0.29, 0.717) is 39.6 Å². The molecule has 13 heteroatoms. The van der Waals surface area contributed by atoms with Gasteiger partial charge in [-0.1, -0.05) is 5.21 Å². The van der Waals surface area contributed by atoms with Crippen molar-refractivity contribution in [3.8, 4) is 0 Å². The molecule has 34 heavy (non-hydrogen) atoms. The standard InChI is InChI=1S/C21H21B2N9O2/c1-24-17-8-16-26-13-6-10(7-14-18(13)31(2)30-29-14)21(22,23)34-15-5-3-4-12(15)27-20(33)11-9-25-32(17)19(11)28-16/h6-9,12,15,24H,3-5H2,1-2H3,(H,26,28)(H,27,33)/t12-,15-/m1/s1. The van der Waals surface area contributed by atoms with Crippen molar-refractivity contribution in [1.82, 2.24) is 34.9 Å². The lowest BCUT2D eigenvalue weighted by Crippen LogP contribution is -2.45. The van der Waals surface area contributed by atoms with Crippen molar-refractivity contribution in [3.05, 3.63) is 35.5 Å². The molecule has 1 fully saturated rings. The third-order valence-electron chi connectivity index (χ3n) is 6.50. The van der Waals surface area contributed by atoms with E-state index in [1.165, 1.54) is 6.20 Å². The Labute approximate surface area is 197 Å². The van der Waals surface area contributed by atoms with Crippen LogP contribution in [0.15, 0.2) is 24.4 Å². The number of rotatable bonds is 1. The molecule has 1 amide bonds. The van der Waals surface area contributed by atoms with Gasteiger partial charge in [-0.15, -0.1) is 5.10 Å². The van der Waals surface area contributed by atoms with Gasteiger partial charge in [0.25, 0.3) is 5.91 Å². The van der Waals surface area contributed by atoms with Gasteiger partial charge in [-0.05, 0) is 37.0 Å². The highest BCUT2D eigenvalue weighted by Gasteiger charge is 2.36. The maximum Gasteiger partial charge on any atom is 0.257 e. The van der Waals surface area contributed by atoms with Crippen LogP contribution in [0.2, 0.25) is 0 Å². The molecule has 11 nitrogen and oxygen atoms in total. The third kappa shape index (κ3) is 3.22. The minimum Gasteiger partial charge on any atom is -0.384 e. The molecule has 4 aromatic rings.